The summed E-state index contributed by atoms with van der Waals surface area (Å²) in [6, 6.07) is 97.0. The molecule has 4 aromatic heterocycles. The van der Waals surface area contributed by atoms with Crippen molar-refractivity contribution in [1.29, 1.82) is 0 Å². The number of anilines is 2. The third kappa shape index (κ3) is 20.2. The van der Waals surface area contributed by atoms with Gasteiger partial charge in [-0.3, -0.25) is 9.59 Å². The number of likely N-dealkylation sites (tertiary alicyclic amines) is 2. The molecule has 5 aliphatic heterocycles. The molecule has 9 heterocycles. The van der Waals surface area contributed by atoms with E-state index in [1.807, 2.05) is 18.2 Å². The number of nitrogens with zero attached hydrogens (tertiary/aromatic N) is 10. The van der Waals surface area contributed by atoms with Gasteiger partial charge < -0.3 is 28.9 Å². The molecule has 5 saturated heterocycles. The van der Waals surface area contributed by atoms with E-state index in [1.165, 1.54) is 104 Å². The Hall–Kier alpha value is -8.09. The number of fused-ring (bicyclic) bond motifs is 2. The first-order chi connectivity index (χ1) is 52.0. The van der Waals surface area contributed by atoms with Gasteiger partial charge in [-0.05, 0) is 202 Å². The van der Waals surface area contributed by atoms with E-state index in [-0.39, 0.29) is 45.4 Å². The van der Waals surface area contributed by atoms with Gasteiger partial charge in [-0.2, -0.15) is 19.6 Å². The molecule has 0 bridgehead atoms. The first kappa shape index (κ1) is 78.5. The minimum atomic E-state index is -0.446. The standard InChI is InChI=1S/C22H23N5O.C19H29BN2O2.2C18H15P.C9H6BrN3O.2ClH.Pd/c1-25-14-18-10-12-26(20(18)15-25)19-7-4-16(5-8-19)17-6-9-21(23-13-17)27-22(28)3-2-11-24-27;1-18(2)19(3,4)24-20(23-18)15-6-8-16(9-7-15)22-11-10-14-12-21(5)13-17(14)22;2*1-4-10-16(11-5-1)19(17-12-6-2-7-13-17)18-14-8-3-9-15-18;10-7-3-4-8(11-6-7)13-9(14)2-1-5-12-13;;;/h2-9,11,13,18,20H,10,12,14-15H2,1H3;6-9,14,17H,10-13H2,1-5H3;2*1-15H;1-6H;2*1H;/q;;;;;;;+2/p-2/t18-,20+;14-,17+;;;;;;/m11....../s1. The topological polar surface area (TPSA) is 127 Å². The first-order valence-corrected chi connectivity index (χ1v) is 43.4. The maximum Gasteiger partial charge on any atom is -0.0134 e. The van der Waals surface area contributed by atoms with Gasteiger partial charge in [0, 0.05) is 110 Å². The van der Waals surface area contributed by atoms with Crippen molar-refractivity contribution in [2.75, 3.05) is 63.2 Å². The van der Waals surface area contributed by atoms with E-state index in [2.05, 4.69) is 328 Å². The molecule has 17 rings (SSSR count). The van der Waals surface area contributed by atoms with E-state index in [0.29, 0.717) is 23.7 Å². The largest absolute Gasteiger partial charge is 0.0622 e. The molecule has 107 heavy (non-hydrogen) atoms. The Morgan fingerprint density at radius 1 is 0.430 bits per heavy atom. The van der Waals surface area contributed by atoms with Crippen LogP contribution in [-0.4, -0.2) is 123 Å². The van der Waals surface area contributed by atoms with Crippen LogP contribution in [0.2, 0.25) is 0 Å². The number of hydrogen-bond acceptors (Lipinski definition) is 12. The minimum Gasteiger partial charge on any atom is -0.0622 e. The van der Waals surface area contributed by atoms with Crippen molar-refractivity contribution in [1.82, 2.24) is 39.3 Å². The Kier molecular flexibility index (Phi) is 27.7. The molecule has 0 amide bonds. The Bertz CT molecular complexity index is 4510. The van der Waals surface area contributed by atoms with Gasteiger partial charge in [0.15, 0.2) is 11.6 Å². The maximum absolute atomic E-state index is 11.9. The second-order valence-corrected chi connectivity index (χ2v) is 35.5. The van der Waals surface area contributed by atoms with Crippen molar-refractivity contribution in [2.45, 2.75) is 63.8 Å². The average molecular weight is 1660 g/mol. The van der Waals surface area contributed by atoms with Crippen LogP contribution in [0.1, 0.15) is 40.5 Å². The second kappa shape index (κ2) is 37.8. The molecule has 14 nitrogen and oxygen atoms in total. The predicted octanol–water partition coefficient (Wildman–Crippen LogP) is 14.2. The van der Waals surface area contributed by atoms with Crippen LogP contribution >= 0.6 is 50.8 Å². The molecule has 550 valence electrons. The number of rotatable bonds is 12. The summed E-state index contributed by atoms with van der Waals surface area (Å²) in [6.45, 7) is 15.5. The number of benzene rings is 8. The SMILES string of the molecule is CN1C[C@H]2CCN(c3ccc(-c4ccc(-n5ncccc5=O)nc4)cc3)[C@H]2C1.CN1C[C@H]2CCN(c3ccc(B4OC(C)(C)C(C)(C)O4)cc3)[C@H]2C1.O=c1cccnn1-c1ccc(Br)cn1.[Cl][Pd][Cl].c1ccc(P(c2ccccc2)c2ccccc2)cc1.c1ccc(P(c2ccccc2)c2ccccc2)cc1. The van der Waals surface area contributed by atoms with E-state index >= 15 is 0 Å². The molecule has 8 aromatic carbocycles. The fraction of sp³-hybridized carbons (Fsp3) is 0.233. The van der Waals surface area contributed by atoms with Crippen molar-refractivity contribution < 1.29 is 25.2 Å². The van der Waals surface area contributed by atoms with Gasteiger partial charge in [-0.15, -0.1) is 0 Å². The van der Waals surface area contributed by atoms with Gasteiger partial charge in [0.2, 0.25) is 0 Å². The zero-order chi connectivity index (χ0) is 74.7. The predicted molar refractivity (Wildman–Crippen MR) is 446 cm³/mol. The van der Waals surface area contributed by atoms with Crippen LogP contribution in [0.15, 0.2) is 318 Å². The number of aromatic nitrogens is 6. The van der Waals surface area contributed by atoms with Gasteiger partial charge in [0.1, 0.15) is 0 Å². The van der Waals surface area contributed by atoms with Gasteiger partial charge in [-0.1, -0.05) is 206 Å². The normalized spacial score (nSPS) is 18.1. The van der Waals surface area contributed by atoms with E-state index in [9.17, 15) is 9.59 Å². The fourth-order valence-corrected chi connectivity index (χ4v) is 19.1. The van der Waals surface area contributed by atoms with Crippen LogP contribution in [0.4, 0.5) is 11.4 Å². The van der Waals surface area contributed by atoms with E-state index in [1.54, 1.807) is 43.0 Å². The molecule has 5 fully saturated rings. The van der Waals surface area contributed by atoms with Gasteiger partial charge in [0.05, 0.1) is 11.2 Å². The smallest absolute Gasteiger partial charge is 0.0134 e. The molecule has 0 unspecified atom stereocenters. The summed E-state index contributed by atoms with van der Waals surface area (Å²) in [7, 11) is 12.9. The molecule has 21 heteroatoms. The van der Waals surface area contributed by atoms with Crippen molar-refractivity contribution in [3.63, 3.8) is 0 Å². The van der Waals surface area contributed by atoms with Crippen molar-refractivity contribution in [2.24, 2.45) is 11.8 Å². The van der Waals surface area contributed by atoms with Crippen molar-refractivity contribution >= 4 is 107 Å². The number of hydrogen-bond donors (Lipinski definition) is 0. The Labute approximate surface area is 656 Å². The number of halogens is 3. The minimum absolute atomic E-state index is 0.106. The van der Waals surface area contributed by atoms with E-state index in [0.717, 1.165) is 46.0 Å². The van der Waals surface area contributed by atoms with Crippen LogP contribution in [0, 0.1) is 11.8 Å². The van der Waals surface area contributed by atoms with Crippen molar-refractivity contribution in [3.8, 4) is 22.8 Å². The summed E-state index contributed by atoms with van der Waals surface area (Å²) in [5, 5.41) is 16.4. The molecule has 0 saturated carbocycles. The fourth-order valence-electron chi connectivity index (χ4n) is 14.2. The van der Waals surface area contributed by atoms with Crippen LogP contribution in [0.5, 0.6) is 0 Å². The Morgan fingerprint density at radius 3 is 1.09 bits per heavy atom. The first-order valence-electron chi connectivity index (χ1n) is 35.9. The third-order valence-electron chi connectivity index (χ3n) is 20.2. The summed E-state index contributed by atoms with van der Waals surface area (Å²) in [4.78, 5) is 41.8. The average Bonchev–Trinajstić information content (AvgIpc) is 1.63. The van der Waals surface area contributed by atoms with E-state index in [4.69, 9.17) is 28.4 Å². The zero-order valence-corrected chi connectivity index (χ0v) is 67.3. The van der Waals surface area contributed by atoms with Gasteiger partial charge in [-0.25, -0.2) is 9.97 Å². The molecule has 0 aliphatic carbocycles. The molecule has 4 atom stereocenters. The molecule has 12 aromatic rings. The molecule has 0 N–H and O–H groups in total. The quantitative estimate of drug-likeness (QED) is 0.0853. The van der Waals surface area contributed by atoms with Gasteiger partial charge >= 0.3 is 42.1 Å². The van der Waals surface area contributed by atoms with Crippen LogP contribution in [0.3, 0.4) is 0 Å². The number of pyridine rings is 2. The summed E-state index contributed by atoms with van der Waals surface area (Å²) in [5.41, 5.74) is 4.94. The number of likely N-dealkylation sites (N-methyl/N-ethyl adjacent to an activating group) is 2. The van der Waals surface area contributed by atoms with Gasteiger partial charge in [0.25, 0.3) is 11.1 Å². The monoisotopic (exact) mass is 1650 g/mol. The van der Waals surface area contributed by atoms with Crippen LogP contribution in [-0.2, 0) is 25.2 Å². The van der Waals surface area contributed by atoms with Crippen LogP contribution < -0.4 is 58.2 Å². The summed E-state index contributed by atoms with van der Waals surface area (Å²) in [5.74, 6) is 2.67. The summed E-state index contributed by atoms with van der Waals surface area (Å²) in [6.07, 6.45) is 9.15. The Morgan fingerprint density at radius 2 is 0.766 bits per heavy atom. The molecule has 0 spiro atoms. The summed E-state index contributed by atoms with van der Waals surface area (Å²) >= 11 is 3.16. The summed E-state index contributed by atoms with van der Waals surface area (Å²) < 4.78 is 15.7. The van der Waals surface area contributed by atoms with Crippen molar-refractivity contribution in [3.05, 3.63) is 329 Å². The van der Waals surface area contributed by atoms with Crippen LogP contribution in [0.25, 0.3) is 22.8 Å². The second-order valence-electron chi connectivity index (χ2n) is 27.8. The third-order valence-corrected chi connectivity index (χ3v) is 25.5. The molecular formula is C86H88BBrCl2N10O4P2Pd. The zero-order valence-electron chi connectivity index (χ0n) is 60.9. The Balaban J connectivity index is 0.000000126. The molecule has 0 radical (unpaired) electrons. The molecular weight excluding hydrogens is 1570 g/mol. The molecule has 5 aliphatic rings. The maximum atomic E-state index is 11.9. The van der Waals surface area contributed by atoms with E-state index < -0.39 is 15.8 Å².